The van der Waals surface area contributed by atoms with Crippen molar-refractivity contribution in [3.8, 4) is 0 Å². The van der Waals surface area contributed by atoms with Crippen LogP contribution in [-0.2, 0) is 18.8 Å². The summed E-state index contributed by atoms with van der Waals surface area (Å²) in [7, 11) is -0.747. The predicted octanol–water partition coefficient (Wildman–Crippen LogP) is 2.70. The number of rotatable bonds is 4. The van der Waals surface area contributed by atoms with E-state index in [2.05, 4.69) is 0 Å². The molecule has 1 heterocycles. The summed E-state index contributed by atoms with van der Waals surface area (Å²) in [5, 5.41) is 0. The molecule has 0 aliphatic carbocycles. The van der Waals surface area contributed by atoms with Gasteiger partial charge < -0.3 is 14.0 Å². The molecule has 6 heteroatoms. The number of ether oxygens (including phenoxy) is 1. The number of carbonyl (C=O) groups excluding carboxylic acids is 1. The zero-order chi connectivity index (χ0) is 17.3. The number of hydrogen-bond donors (Lipinski definition) is 0. The lowest BCUT2D eigenvalue weighted by molar-refractivity contribution is -0.137. The van der Waals surface area contributed by atoms with Crippen molar-refractivity contribution >= 4 is 24.6 Å². The van der Waals surface area contributed by atoms with E-state index in [9.17, 15) is 9.18 Å². The molecule has 0 spiro atoms. The molecular formula is C17H22BFO4. The van der Waals surface area contributed by atoms with Crippen LogP contribution in [0.3, 0.4) is 0 Å². The minimum atomic E-state index is -0.747. The Kier molecular flexibility index (Phi) is 4.97. The van der Waals surface area contributed by atoms with E-state index in [-0.39, 0.29) is 0 Å². The minimum absolute atomic E-state index is 0.304. The van der Waals surface area contributed by atoms with Crippen molar-refractivity contribution in [3.63, 3.8) is 0 Å². The Hall–Kier alpha value is -1.66. The zero-order valence-electron chi connectivity index (χ0n) is 14.2. The molecule has 2 rings (SSSR count). The van der Waals surface area contributed by atoms with Crippen LogP contribution in [0.25, 0.3) is 6.08 Å². The van der Waals surface area contributed by atoms with E-state index in [1.165, 1.54) is 18.2 Å². The SMILES string of the molecule is CCOC(=O)/C=C/c1ccc(B2OC(C)(C)C(C)(C)O2)c(F)c1. The summed E-state index contributed by atoms with van der Waals surface area (Å²) < 4.78 is 30.8. The predicted molar refractivity (Wildman–Crippen MR) is 87.8 cm³/mol. The lowest BCUT2D eigenvalue weighted by atomic mass is 9.78. The molecule has 1 aromatic carbocycles. The van der Waals surface area contributed by atoms with E-state index in [0.717, 1.165) is 0 Å². The van der Waals surface area contributed by atoms with Crippen LogP contribution < -0.4 is 5.46 Å². The third kappa shape index (κ3) is 3.82. The van der Waals surface area contributed by atoms with Gasteiger partial charge in [-0.1, -0.05) is 12.1 Å². The maximum atomic E-state index is 14.4. The van der Waals surface area contributed by atoms with E-state index in [1.807, 2.05) is 27.7 Å². The van der Waals surface area contributed by atoms with Crippen molar-refractivity contribution in [1.82, 2.24) is 0 Å². The molecule has 0 bridgehead atoms. The topological polar surface area (TPSA) is 44.8 Å². The molecule has 1 aliphatic heterocycles. The van der Waals surface area contributed by atoms with Crippen LogP contribution in [0.15, 0.2) is 24.3 Å². The Morgan fingerprint density at radius 2 is 1.87 bits per heavy atom. The van der Waals surface area contributed by atoms with Gasteiger partial charge in [0.25, 0.3) is 0 Å². The van der Waals surface area contributed by atoms with Crippen molar-refractivity contribution in [2.45, 2.75) is 45.8 Å². The lowest BCUT2D eigenvalue weighted by Gasteiger charge is -2.32. The number of carbonyl (C=O) groups is 1. The highest BCUT2D eigenvalue weighted by molar-refractivity contribution is 6.62. The first-order valence-corrected chi connectivity index (χ1v) is 7.66. The minimum Gasteiger partial charge on any atom is -0.463 e. The van der Waals surface area contributed by atoms with E-state index >= 15 is 0 Å². The van der Waals surface area contributed by atoms with Gasteiger partial charge in [0.15, 0.2) is 0 Å². The van der Waals surface area contributed by atoms with Crippen LogP contribution in [0.2, 0.25) is 0 Å². The highest BCUT2D eigenvalue weighted by Gasteiger charge is 2.52. The van der Waals surface area contributed by atoms with Crippen LogP contribution in [0, 0.1) is 5.82 Å². The Balaban J connectivity index is 2.16. The molecule has 0 radical (unpaired) electrons. The molecule has 0 unspecified atom stereocenters. The van der Waals surface area contributed by atoms with Gasteiger partial charge in [0.05, 0.1) is 17.8 Å². The van der Waals surface area contributed by atoms with Crippen LogP contribution in [0.4, 0.5) is 4.39 Å². The first kappa shape index (κ1) is 17.7. The first-order chi connectivity index (χ1) is 10.7. The summed E-state index contributed by atoms with van der Waals surface area (Å²) in [5.41, 5.74) is -0.133. The van der Waals surface area contributed by atoms with E-state index in [1.54, 1.807) is 19.1 Å². The molecule has 0 N–H and O–H groups in total. The van der Waals surface area contributed by atoms with Crippen LogP contribution in [0.1, 0.15) is 40.2 Å². The number of hydrogen-bond acceptors (Lipinski definition) is 4. The second-order valence-corrected chi connectivity index (χ2v) is 6.45. The Bertz CT molecular complexity index is 609. The second-order valence-electron chi connectivity index (χ2n) is 6.45. The highest BCUT2D eigenvalue weighted by atomic mass is 19.1. The van der Waals surface area contributed by atoms with Gasteiger partial charge in [0.2, 0.25) is 0 Å². The molecule has 1 aliphatic rings. The Labute approximate surface area is 136 Å². The summed E-state index contributed by atoms with van der Waals surface area (Å²) >= 11 is 0. The number of halogens is 1. The third-order valence-electron chi connectivity index (χ3n) is 4.23. The molecule has 0 aromatic heterocycles. The Morgan fingerprint density at radius 3 is 2.39 bits per heavy atom. The van der Waals surface area contributed by atoms with Crippen molar-refractivity contribution in [1.29, 1.82) is 0 Å². The normalized spacial score (nSPS) is 19.3. The average molecular weight is 320 g/mol. The van der Waals surface area contributed by atoms with Crippen LogP contribution >= 0.6 is 0 Å². The van der Waals surface area contributed by atoms with Gasteiger partial charge in [-0.2, -0.15) is 0 Å². The van der Waals surface area contributed by atoms with Crippen molar-refractivity contribution in [3.05, 3.63) is 35.7 Å². The molecule has 1 saturated heterocycles. The van der Waals surface area contributed by atoms with Crippen molar-refractivity contribution < 1.29 is 23.2 Å². The van der Waals surface area contributed by atoms with Crippen LogP contribution in [0.5, 0.6) is 0 Å². The fraction of sp³-hybridized carbons (Fsp3) is 0.471. The Morgan fingerprint density at radius 1 is 1.26 bits per heavy atom. The van der Waals surface area contributed by atoms with Gasteiger partial charge >= 0.3 is 13.1 Å². The summed E-state index contributed by atoms with van der Waals surface area (Å²) in [5.74, 6) is -0.891. The molecular weight excluding hydrogens is 298 g/mol. The number of benzene rings is 1. The maximum Gasteiger partial charge on any atom is 0.497 e. The van der Waals surface area contributed by atoms with Gasteiger partial charge in [-0.25, -0.2) is 9.18 Å². The van der Waals surface area contributed by atoms with E-state index in [4.69, 9.17) is 14.0 Å². The smallest absolute Gasteiger partial charge is 0.463 e. The quantitative estimate of drug-likeness (QED) is 0.486. The molecule has 1 fully saturated rings. The monoisotopic (exact) mass is 320 g/mol. The fourth-order valence-electron chi connectivity index (χ4n) is 2.16. The van der Waals surface area contributed by atoms with E-state index in [0.29, 0.717) is 17.6 Å². The largest absolute Gasteiger partial charge is 0.497 e. The average Bonchev–Trinajstić information content (AvgIpc) is 2.65. The summed E-state index contributed by atoms with van der Waals surface area (Å²) in [6.45, 7) is 9.70. The van der Waals surface area contributed by atoms with Gasteiger partial charge in [-0.05, 0) is 52.3 Å². The third-order valence-corrected chi connectivity index (χ3v) is 4.23. The molecule has 124 valence electrons. The van der Waals surface area contributed by atoms with Crippen molar-refractivity contribution in [2.75, 3.05) is 6.61 Å². The second kappa shape index (κ2) is 6.45. The van der Waals surface area contributed by atoms with Gasteiger partial charge in [-0.15, -0.1) is 0 Å². The van der Waals surface area contributed by atoms with Gasteiger partial charge in [-0.3, -0.25) is 0 Å². The highest BCUT2D eigenvalue weighted by Crippen LogP contribution is 2.36. The van der Waals surface area contributed by atoms with Crippen molar-refractivity contribution in [2.24, 2.45) is 0 Å². The lowest BCUT2D eigenvalue weighted by Crippen LogP contribution is -2.41. The van der Waals surface area contributed by atoms with E-state index < -0.39 is 30.1 Å². The molecule has 23 heavy (non-hydrogen) atoms. The fourth-order valence-corrected chi connectivity index (χ4v) is 2.16. The first-order valence-electron chi connectivity index (χ1n) is 7.66. The molecule has 0 atom stereocenters. The number of esters is 1. The zero-order valence-corrected chi connectivity index (χ0v) is 14.2. The summed E-state index contributed by atoms with van der Waals surface area (Å²) in [6.07, 6.45) is 2.78. The van der Waals surface area contributed by atoms with Crippen LogP contribution in [-0.4, -0.2) is 30.9 Å². The summed E-state index contributed by atoms with van der Waals surface area (Å²) in [6, 6.07) is 4.66. The van der Waals surface area contributed by atoms with Gasteiger partial charge in [0.1, 0.15) is 5.82 Å². The molecule has 1 aromatic rings. The molecule has 0 saturated carbocycles. The maximum absolute atomic E-state index is 14.4. The summed E-state index contributed by atoms with van der Waals surface area (Å²) in [4.78, 5) is 11.3. The molecule has 4 nitrogen and oxygen atoms in total. The van der Waals surface area contributed by atoms with Gasteiger partial charge in [0, 0.05) is 11.5 Å². The molecule has 0 amide bonds. The standard InChI is InChI=1S/C17H22BFO4/c1-6-21-15(20)10-8-12-7-9-13(14(19)11-12)18-22-16(2,3)17(4,5)23-18/h7-11H,6H2,1-5H3/b10-8+.